The molecule has 128 valence electrons. The Labute approximate surface area is 152 Å². The SMILES string of the molecule is C=Cc1cc2ccccc2c2ccccc12.O=C(O)C1=CC2C=CC1C2. The third-order valence-electron chi connectivity index (χ3n) is 5.18. The first kappa shape index (κ1) is 16.3. The third kappa shape index (κ3) is 2.84. The molecule has 5 rings (SSSR count). The van der Waals surface area contributed by atoms with E-state index in [0.717, 1.165) is 6.42 Å². The van der Waals surface area contributed by atoms with Gasteiger partial charge in [0, 0.05) is 11.5 Å². The van der Waals surface area contributed by atoms with Gasteiger partial charge in [-0.05, 0) is 45.5 Å². The first-order valence-electron chi connectivity index (χ1n) is 8.83. The van der Waals surface area contributed by atoms with Gasteiger partial charge in [-0.3, -0.25) is 0 Å². The molecule has 1 N–H and O–H groups in total. The van der Waals surface area contributed by atoms with Gasteiger partial charge in [0.2, 0.25) is 0 Å². The van der Waals surface area contributed by atoms with Crippen molar-refractivity contribution in [1.82, 2.24) is 0 Å². The van der Waals surface area contributed by atoms with Crippen LogP contribution in [0.3, 0.4) is 0 Å². The van der Waals surface area contributed by atoms with Crippen molar-refractivity contribution in [3.05, 3.63) is 90.5 Å². The fraction of sp³-hybridized carbons (Fsp3) is 0.125. The zero-order chi connectivity index (χ0) is 18.1. The Kier molecular flexibility index (Phi) is 4.18. The number of hydrogen-bond acceptors (Lipinski definition) is 1. The normalized spacial score (nSPS) is 19.9. The first-order chi connectivity index (χ1) is 12.7. The van der Waals surface area contributed by atoms with Crippen LogP contribution in [0, 0.1) is 11.8 Å². The molecular formula is C24H20O2. The zero-order valence-corrected chi connectivity index (χ0v) is 14.4. The standard InChI is InChI=1S/C16H12.C8H8O2/c1-2-12-11-13-7-3-4-9-15(13)16-10-6-5-8-14(12)16;9-8(10)7-4-5-1-2-6(7)3-5/h2-11H,1H2;1-2,4-6H,3H2,(H,9,10). The fourth-order valence-corrected chi connectivity index (χ4v) is 3.92. The van der Waals surface area contributed by atoms with Crippen LogP contribution >= 0.6 is 0 Å². The number of rotatable bonds is 2. The second-order valence-corrected chi connectivity index (χ2v) is 6.75. The van der Waals surface area contributed by atoms with Crippen molar-refractivity contribution in [3.63, 3.8) is 0 Å². The minimum Gasteiger partial charge on any atom is -0.478 e. The number of carboxylic acid groups (broad SMARTS) is 1. The van der Waals surface area contributed by atoms with Gasteiger partial charge in [0.1, 0.15) is 0 Å². The molecule has 2 unspecified atom stereocenters. The first-order valence-corrected chi connectivity index (χ1v) is 8.83. The molecule has 2 bridgehead atoms. The fourth-order valence-electron chi connectivity index (χ4n) is 3.92. The Hall–Kier alpha value is -3.13. The molecule has 0 fully saturated rings. The number of hydrogen-bond donors (Lipinski definition) is 1. The van der Waals surface area contributed by atoms with E-state index in [0.29, 0.717) is 11.5 Å². The maximum atomic E-state index is 10.5. The van der Waals surface area contributed by atoms with Crippen molar-refractivity contribution < 1.29 is 9.90 Å². The lowest BCUT2D eigenvalue weighted by molar-refractivity contribution is -0.133. The van der Waals surface area contributed by atoms with Gasteiger partial charge in [0.15, 0.2) is 0 Å². The average Bonchev–Trinajstić information content (AvgIpc) is 3.31. The molecule has 2 aliphatic carbocycles. The van der Waals surface area contributed by atoms with E-state index in [1.54, 1.807) is 0 Å². The van der Waals surface area contributed by atoms with Gasteiger partial charge in [-0.1, -0.05) is 79.4 Å². The summed E-state index contributed by atoms with van der Waals surface area (Å²) in [4.78, 5) is 10.5. The number of carboxylic acids is 1. The van der Waals surface area contributed by atoms with Crippen molar-refractivity contribution in [2.75, 3.05) is 0 Å². The number of aliphatic carboxylic acids is 1. The second-order valence-electron chi connectivity index (χ2n) is 6.75. The maximum Gasteiger partial charge on any atom is 0.331 e. The molecule has 0 heterocycles. The van der Waals surface area contributed by atoms with Gasteiger partial charge in [0.25, 0.3) is 0 Å². The predicted molar refractivity (Wildman–Crippen MR) is 108 cm³/mol. The lowest BCUT2D eigenvalue weighted by atomic mass is 9.97. The highest BCUT2D eigenvalue weighted by Crippen LogP contribution is 2.38. The van der Waals surface area contributed by atoms with Crippen LogP contribution in [0.25, 0.3) is 27.6 Å². The predicted octanol–water partition coefficient (Wildman–Crippen LogP) is 5.84. The largest absolute Gasteiger partial charge is 0.478 e. The quantitative estimate of drug-likeness (QED) is 0.470. The highest BCUT2D eigenvalue weighted by molar-refractivity contribution is 6.10. The summed E-state index contributed by atoms with van der Waals surface area (Å²) in [7, 11) is 0. The molecule has 2 aliphatic rings. The summed E-state index contributed by atoms with van der Waals surface area (Å²) < 4.78 is 0. The van der Waals surface area contributed by atoms with Gasteiger partial charge in [-0.25, -0.2) is 4.79 Å². The third-order valence-corrected chi connectivity index (χ3v) is 5.18. The molecule has 0 amide bonds. The topological polar surface area (TPSA) is 37.3 Å². The van der Waals surface area contributed by atoms with E-state index >= 15 is 0 Å². The summed E-state index contributed by atoms with van der Waals surface area (Å²) in [5, 5.41) is 13.8. The monoisotopic (exact) mass is 340 g/mol. The summed E-state index contributed by atoms with van der Waals surface area (Å²) in [6.45, 7) is 3.89. The van der Waals surface area contributed by atoms with Crippen LogP contribution in [0.5, 0.6) is 0 Å². The van der Waals surface area contributed by atoms with Crippen LogP contribution in [-0.4, -0.2) is 11.1 Å². The second kappa shape index (κ2) is 6.64. The van der Waals surface area contributed by atoms with Crippen molar-refractivity contribution >= 4 is 33.6 Å². The van der Waals surface area contributed by atoms with E-state index in [1.807, 2.05) is 18.2 Å². The summed E-state index contributed by atoms with van der Waals surface area (Å²) in [6.07, 6.45) is 8.84. The number of benzene rings is 3. The molecule has 0 saturated heterocycles. The van der Waals surface area contributed by atoms with Crippen LogP contribution in [-0.2, 0) is 4.79 Å². The number of allylic oxidation sites excluding steroid dienone is 3. The van der Waals surface area contributed by atoms with E-state index in [2.05, 4.69) is 67.3 Å². The molecule has 0 saturated carbocycles. The van der Waals surface area contributed by atoms with Crippen LogP contribution < -0.4 is 0 Å². The van der Waals surface area contributed by atoms with E-state index in [-0.39, 0.29) is 5.92 Å². The van der Waals surface area contributed by atoms with Gasteiger partial charge in [-0.15, -0.1) is 0 Å². The Morgan fingerprint density at radius 2 is 1.69 bits per heavy atom. The molecule has 2 atom stereocenters. The molecule has 2 heteroatoms. The van der Waals surface area contributed by atoms with Gasteiger partial charge >= 0.3 is 5.97 Å². The smallest absolute Gasteiger partial charge is 0.331 e. The lowest BCUT2D eigenvalue weighted by Gasteiger charge is -2.07. The molecule has 0 radical (unpaired) electrons. The van der Waals surface area contributed by atoms with Crippen molar-refractivity contribution in [1.29, 1.82) is 0 Å². The van der Waals surface area contributed by atoms with Gasteiger partial charge in [-0.2, -0.15) is 0 Å². The summed E-state index contributed by atoms with van der Waals surface area (Å²) in [6, 6.07) is 19.2. The van der Waals surface area contributed by atoms with Gasteiger partial charge in [0.05, 0.1) is 0 Å². The molecule has 0 spiro atoms. The Balaban J connectivity index is 0.000000144. The summed E-state index contributed by atoms with van der Waals surface area (Å²) in [5.74, 6) is -0.129. The van der Waals surface area contributed by atoms with Gasteiger partial charge < -0.3 is 5.11 Å². The zero-order valence-electron chi connectivity index (χ0n) is 14.4. The van der Waals surface area contributed by atoms with Crippen LogP contribution in [0.1, 0.15) is 12.0 Å². The average molecular weight is 340 g/mol. The molecular weight excluding hydrogens is 320 g/mol. The molecule has 0 aliphatic heterocycles. The van der Waals surface area contributed by atoms with E-state index < -0.39 is 5.97 Å². The molecule has 3 aromatic carbocycles. The number of carbonyl (C=O) groups is 1. The van der Waals surface area contributed by atoms with E-state index in [9.17, 15) is 4.79 Å². The van der Waals surface area contributed by atoms with Crippen molar-refractivity contribution in [2.24, 2.45) is 11.8 Å². The summed E-state index contributed by atoms with van der Waals surface area (Å²) in [5.41, 5.74) is 1.79. The van der Waals surface area contributed by atoms with E-state index in [1.165, 1.54) is 27.1 Å². The lowest BCUT2D eigenvalue weighted by Crippen LogP contribution is -2.05. The highest BCUT2D eigenvalue weighted by Gasteiger charge is 2.31. The molecule has 2 nitrogen and oxygen atoms in total. The Bertz CT molecular complexity index is 1070. The van der Waals surface area contributed by atoms with Crippen molar-refractivity contribution in [3.8, 4) is 0 Å². The van der Waals surface area contributed by atoms with Crippen LogP contribution in [0.4, 0.5) is 0 Å². The maximum absolute atomic E-state index is 10.5. The Morgan fingerprint density at radius 3 is 2.27 bits per heavy atom. The molecule has 26 heavy (non-hydrogen) atoms. The van der Waals surface area contributed by atoms with Crippen LogP contribution in [0.15, 0.2) is 85.0 Å². The highest BCUT2D eigenvalue weighted by atomic mass is 16.4. The molecule has 3 aromatic rings. The minimum atomic E-state index is -0.753. The minimum absolute atomic E-state index is 0.211. The summed E-state index contributed by atoms with van der Waals surface area (Å²) >= 11 is 0. The molecule has 0 aromatic heterocycles. The van der Waals surface area contributed by atoms with E-state index in [4.69, 9.17) is 5.11 Å². The van der Waals surface area contributed by atoms with Crippen LogP contribution in [0.2, 0.25) is 0 Å². The Morgan fingerprint density at radius 1 is 1.00 bits per heavy atom. The number of fused-ring (bicyclic) bond motifs is 5. The van der Waals surface area contributed by atoms with Crippen molar-refractivity contribution in [2.45, 2.75) is 6.42 Å².